The fourth-order valence-corrected chi connectivity index (χ4v) is 2.45. The molecule has 0 aromatic heterocycles. The molecule has 0 bridgehead atoms. The standard InChI is InChI=1S/C16H25N3O2/c1-3-13(2)17-12-16(21)19-10-8-18(9-11-19)14-6-4-5-7-15(14)20/h4-7,13,17,20H,3,8-12H2,1-2H3. The van der Waals surface area contributed by atoms with Gasteiger partial charge in [0.1, 0.15) is 5.75 Å². The predicted molar refractivity (Wildman–Crippen MR) is 84.7 cm³/mol. The molecule has 1 fully saturated rings. The maximum Gasteiger partial charge on any atom is 0.236 e. The van der Waals surface area contributed by atoms with E-state index in [1.807, 2.05) is 23.1 Å². The van der Waals surface area contributed by atoms with Crippen LogP contribution in [-0.2, 0) is 4.79 Å². The van der Waals surface area contributed by atoms with E-state index in [0.717, 1.165) is 25.2 Å². The van der Waals surface area contributed by atoms with Gasteiger partial charge in [-0.2, -0.15) is 0 Å². The maximum atomic E-state index is 12.1. The lowest BCUT2D eigenvalue weighted by molar-refractivity contribution is -0.130. The number of anilines is 1. The number of carbonyl (C=O) groups excluding carboxylic acids is 1. The Morgan fingerprint density at radius 1 is 1.29 bits per heavy atom. The van der Waals surface area contributed by atoms with Crippen molar-refractivity contribution in [2.45, 2.75) is 26.3 Å². The molecule has 1 unspecified atom stereocenters. The summed E-state index contributed by atoms with van der Waals surface area (Å²) in [5.74, 6) is 0.461. The minimum absolute atomic E-state index is 0.159. The summed E-state index contributed by atoms with van der Waals surface area (Å²) < 4.78 is 0. The molecule has 0 radical (unpaired) electrons. The lowest BCUT2D eigenvalue weighted by atomic mass is 10.2. The van der Waals surface area contributed by atoms with Gasteiger partial charge in [0.05, 0.1) is 12.2 Å². The van der Waals surface area contributed by atoms with Crippen LogP contribution in [0.3, 0.4) is 0 Å². The third-order valence-electron chi connectivity index (χ3n) is 4.07. The van der Waals surface area contributed by atoms with Crippen molar-refractivity contribution in [3.8, 4) is 5.75 Å². The van der Waals surface area contributed by atoms with Crippen LogP contribution in [0.5, 0.6) is 5.75 Å². The smallest absolute Gasteiger partial charge is 0.236 e. The molecule has 116 valence electrons. The summed E-state index contributed by atoms with van der Waals surface area (Å²) >= 11 is 0. The number of nitrogens with zero attached hydrogens (tertiary/aromatic N) is 2. The van der Waals surface area contributed by atoms with E-state index in [2.05, 4.69) is 24.1 Å². The third kappa shape index (κ3) is 4.11. The lowest BCUT2D eigenvalue weighted by Gasteiger charge is -2.36. The fraction of sp³-hybridized carbons (Fsp3) is 0.562. The van der Waals surface area contributed by atoms with Crippen LogP contribution < -0.4 is 10.2 Å². The highest BCUT2D eigenvalue weighted by molar-refractivity contribution is 5.78. The first-order valence-corrected chi connectivity index (χ1v) is 7.66. The van der Waals surface area contributed by atoms with Gasteiger partial charge in [0.2, 0.25) is 5.91 Å². The Balaban J connectivity index is 1.83. The number of phenols is 1. The van der Waals surface area contributed by atoms with Crippen molar-refractivity contribution in [1.82, 2.24) is 10.2 Å². The van der Waals surface area contributed by atoms with E-state index in [4.69, 9.17) is 0 Å². The highest BCUT2D eigenvalue weighted by Gasteiger charge is 2.22. The van der Waals surface area contributed by atoms with Crippen molar-refractivity contribution in [3.63, 3.8) is 0 Å². The van der Waals surface area contributed by atoms with Crippen LogP contribution >= 0.6 is 0 Å². The highest BCUT2D eigenvalue weighted by Crippen LogP contribution is 2.27. The number of hydrogen-bond acceptors (Lipinski definition) is 4. The molecule has 1 aliphatic rings. The van der Waals surface area contributed by atoms with Crippen molar-refractivity contribution in [2.24, 2.45) is 0 Å². The molecule has 1 saturated heterocycles. The van der Waals surface area contributed by atoms with Gasteiger partial charge >= 0.3 is 0 Å². The fourth-order valence-electron chi connectivity index (χ4n) is 2.45. The lowest BCUT2D eigenvalue weighted by Crippen LogP contribution is -2.51. The van der Waals surface area contributed by atoms with Gasteiger partial charge in [-0.05, 0) is 25.5 Å². The van der Waals surface area contributed by atoms with E-state index in [0.29, 0.717) is 31.4 Å². The van der Waals surface area contributed by atoms with E-state index < -0.39 is 0 Å². The Bertz CT molecular complexity index is 470. The number of nitrogens with one attached hydrogen (secondary N) is 1. The molecule has 21 heavy (non-hydrogen) atoms. The first kappa shape index (κ1) is 15.6. The Kier molecular flexibility index (Phi) is 5.44. The van der Waals surface area contributed by atoms with Gasteiger partial charge in [0, 0.05) is 32.2 Å². The zero-order valence-corrected chi connectivity index (χ0v) is 12.9. The zero-order chi connectivity index (χ0) is 15.2. The van der Waals surface area contributed by atoms with Gasteiger partial charge in [0.25, 0.3) is 0 Å². The normalized spacial score (nSPS) is 16.9. The Morgan fingerprint density at radius 3 is 2.57 bits per heavy atom. The number of aromatic hydroxyl groups is 1. The van der Waals surface area contributed by atoms with Gasteiger partial charge < -0.3 is 20.2 Å². The average molecular weight is 291 g/mol. The first-order chi connectivity index (χ1) is 10.1. The topological polar surface area (TPSA) is 55.8 Å². The summed E-state index contributed by atoms with van der Waals surface area (Å²) in [6, 6.07) is 7.72. The van der Waals surface area contributed by atoms with Crippen molar-refractivity contribution < 1.29 is 9.90 Å². The molecule has 2 N–H and O–H groups in total. The molecule has 1 aromatic carbocycles. The summed E-state index contributed by atoms with van der Waals surface area (Å²) in [4.78, 5) is 16.1. The van der Waals surface area contributed by atoms with Crippen LogP contribution in [0.1, 0.15) is 20.3 Å². The third-order valence-corrected chi connectivity index (χ3v) is 4.07. The largest absolute Gasteiger partial charge is 0.506 e. The van der Waals surface area contributed by atoms with Crippen molar-refractivity contribution >= 4 is 11.6 Å². The Hall–Kier alpha value is -1.75. The average Bonchev–Trinajstić information content (AvgIpc) is 2.53. The van der Waals surface area contributed by atoms with Crippen LogP contribution in [-0.4, -0.2) is 54.7 Å². The molecule has 1 amide bonds. The molecule has 0 aliphatic carbocycles. The quantitative estimate of drug-likeness (QED) is 0.862. The van der Waals surface area contributed by atoms with Gasteiger partial charge in [-0.1, -0.05) is 19.1 Å². The minimum atomic E-state index is 0.159. The number of rotatable bonds is 5. The van der Waals surface area contributed by atoms with Crippen LogP contribution in [0.15, 0.2) is 24.3 Å². The number of amides is 1. The summed E-state index contributed by atoms with van der Waals surface area (Å²) in [6.07, 6.45) is 1.02. The molecule has 1 heterocycles. The zero-order valence-electron chi connectivity index (χ0n) is 12.9. The number of phenolic OH excluding ortho intramolecular Hbond substituents is 1. The van der Waals surface area contributed by atoms with Crippen LogP contribution in [0.25, 0.3) is 0 Å². The van der Waals surface area contributed by atoms with Gasteiger partial charge in [-0.15, -0.1) is 0 Å². The Labute approximate surface area is 126 Å². The molecule has 0 spiro atoms. The number of hydrogen-bond donors (Lipinski definition) is 2. The van der Waals surface area contributed by atoms with E-state index in [1.165, 1.54) is 0 Å². The number of para-hydroxylation sites is 2. The van der Waals surface area contributed by atoms with Gasteiger partial charge in [0.15, 0.2) is 0 Å². The van der Waals surface area contributed by atoms with E-state index in [-0.39, 0.29) is 5.91 Å². The number of carbonyl (C=O) groups is 1. The second-order valence-electron chi connectivity index (χ2n) is 5.55. The monoisotopic (exact) mass is 291 g/mol. The molecular formula is C16H25N3O2. The molecule has 0 saturated carbocycles. The summed E-state index contributed by atoms with van der Waals surface area (Å²) in [5, 5.41) is 13.1. The molecule has 5 nitrogen and oxygen atoms in total. The van der Waals surface area contributed by atoms with E-state index in [9.17, 15) is 9.90 Å². The molecular weight excluding hydrogens is 266 g/mol. The van der Waals surface area contributed by atoms with Crippen LogP contribution in [0.2, 0.25) is 0 Å². The van der Waals surface area contributed by atoms with Crippen molar-refractivity contribution in [2.75, 3.05) is 37.6 Å². The molecule has 2 rings (SSSR count). The van der Waals surface area contributed by atoms with Crippen molar-refractivity contribution in [1.29, 1.82) is 0 Å². The molecule has 1 aromatic rings. The van der Waals surface area contributed by atoms with Gasteiger partial charge in [-0.25, -0.2) is 0 Å². The van der Waals surface area contributed by atoms with E-state index in [1.54, 1.807) is 6.07 Å². The predicted octanol–water partition coefficient (Wildman–Crippen LogP) is 1.43. The highest BCUT2D eigenvalue weighted by atomic mass is 16.3. The first-order valence-electron chi connectivity index (χ1n) is 7.66. The number of benzene rings is 1. The van der Waals surface area contributed by atoms with Crippen molar-refractivity contribution in [3.05, 3.63) is 24.3 Å². The second kappa shape index (κ2) is 7.31. The Morgan fingerprint density at radius 2 is 1.95 bits per heavy atom. The summed E-state index contributed by atoms with van der Waals surface area (Å²) in [6.45, 7) is 7.52. The summed E-state index contributed by atoms with van der Waals surface area (Å²) in [7, 11) is 0. The minimum Gasteiger partial charge on any atom is -0.506 e. The molecule has 5 heteroatoms. The van der Waals surface area contributed by atoms with E-state index >= 15 is 0 Å². The molecule has 1 atom stereocenters. The maximum absolute atomic E-state index is 12.1. The van der Waals surface area contributed by atoms with Crippen LogP contribution in [0.4, 0.5) is 5.69 Å². The summed E-state index contributed by atoms with van der Waals surface area (Å²) in [5.41, 5.74) is 0.849. The van der Waals surface area contributed by atoms with Crippen LogP contribution in [0, 0.1) is 0 Å². The molecule has 1 aliphatic heterocycles. The van der Waals surface area contributed by atoms with Gasteiger partial charge in [-0.3, -0.25) is 4.79 Å². The number of piperazine rings is 1. The SMILES string of the molecule is CCC(C)NCC(=O)N1CCN(c2ccccc2O)CC1. The second-order valence-corrected chi connectivity index (χ2v) is 5.55.